The molecular weight excluding hydrogens is 260 g/mol. The summed E-state index contributed by atoms with van der Waals surface area (Å²) in [5, 5.41) is 0. The number of piperidine rings is 1. The molecule has 0 aromatic rings. The van der Waals surface area contributed by atoms with Gasteiger partial charge in [0.25, 0.3) is 0 Å². The van der Waals surface area contributed by atoms with Gasteiger partial charge in [0.15, 0.2) is 0 Å². The van der Waals surface area contributed by atoms with E-state index in [1.807, 2.05) is 0 Å². The molecule has 0 radical (unpaired) electrons. The SMILES string of the molecule is CCC(CCN)CCC(=O)N1CCC(C)C2CCCCC21. The van der Waals surface area contributed by atoms with Crippen molar-refractivity contribution in [2.24, 2.45) is 23.5 Å². The van der Waals surface area contributed by atoms with Crippen molar-refractivity contribution in [1.29, 1.82) is 0 Å². The highest BCUT2D eigenvalue weighted by molar-refractivity contribution is 5.76. The van der Waals surface area contributed by atoms with Crippen molar-refractivity contribution >= 4 is 5.91 Å². The number of nitrogens with two attached hydrogens (primary N) is 1. The molecular formula is C18H34N2O. The second-order valence-electron chi connectivity index (χ2n) is 7.26. The minimum absolute atomic E-state index is 0.411. The van der Waals surface area contributed by atoms with Gasteiger partial charge in [0.2, 0.25) is 5.91 Å². The van der Waals surface area contributed by atoms with Gasteiger partial charge in [0.1, 0.15) is 0 Å². The molecule has 1 saturated carbocycles. The molecule has 2 rings (SSSR count). The van der Waals surface area contributed by atoms with Gasteiger partial charge in [-0.1, -0.05) is 33.1 Å². The zero-order valence-electron chi connectivity index (χ0n) is 14.0. The fraction of sp³-hybridized carbons (Fsp3) is 0.944. The first-order chi connectivity index (χ1) is 10.2. The fourth-order valence-electron chi connectivity index (χ4n) is 4.48. The van der Waals surface area contributed by atoms with E-state index >= 15 is 0 Å². The summed E-state index contributed by atoms with van der Waals surface area (Å²) in [7, 11) is 0. The first kappa shape index (κ1) is 16.8. The van der Waals surface area contributed by atoms with Gasteiger partial charge in [0, 0.05) is 19.0 Å². The first-order valence-electron chi connectivity index (χ1n) is 9.16. The Kier molecular flexibility index (Phi) is 6.53. The normalized spacial score (nSPS) is 30.8. The molecule has 2 N–H and O–H groups in total. The predicted molar refractivity (Wildman–Crippen MR) is 87.9 cm³/mol. The van der Waals surface area contributed by atoms with E-state index in [1.165, 1.54) is 32.1 Å². The number of hydrogen-bond acceptors (Lipinski definition) is 2. The summed E-state index contributed by atoms with van der Waals surface area (Å²) < 4.78 is 0. The van der Waals surface area contributed by atoms with Crippen molar-refractivity contribution in [3.8, 4) is 0 Å². The van der Waals surface area contributed by atoms with Crippen molar-refractivity contribution < 1.29 is 4.79 Å². The van der Waals surface area contributed by atoms with E-state index in [-0.39, 0.29) is 0 Å². The molecule has 4 atom stereocenters. The molecule has 0 aromatic carbocycles. The molecule has 1 heterocycles. The van der Waals surface area contributed by atoms with Crippen LogP contribution in [-0.2, 0) is 4.79 Å². The lowest BCUT2D eigenvalue weighted by molar-refractivity contribution is -0.139. The Morgan fingerprint density at radius 1 is 1.24 bits per heavy atom. The van der Waals surface area contributed by atoms with Crippen molar-refractivity contribution in [3.63, 3.8) is 0 Å². The standard InChI is InChI=1S/C18H34N2O/c1-3-15(10-12-19)8-9-18(21)20-13-11-14(2)16-6-4-5-7-17(16)20/h14-17H,3-13,19H2,1-2H3. The summed E-state index contributed by atoms with van der Waals surface area (Å²) >= 11 is 0. The van der Waals surface area contributed by atoms with Crippen molar-refractivity contribution in [3.05, 3.63) is 0 Å². The zero-order valence-corrected chi connectivity index (χ0v) is 14.0. The third-order valence-electron chi connectivity index (χ3n) is 5.98. The second kappa shape index (κ2) is 8.17. The van der Waals surface area contributed by atoms with Gasteiger partial charge < -0.3 is 10.6 Å². The van der Waals surface area contributed by atoms with E-state index < -0.39 is 0 Å². The molecule has 0 spiro atoms. The zero-order chi connectivity index (χ0) is 15.2. The van der Waals surface area contributed by atoms with Gasteiger partial charge in [-0.3, -0.25) is 4.79 Å². The molecule has 4 unspecified atom stereocenters. The largest absolute Gasteiger partial charge is 0.339 e. The quantitative estimate of drug-likeness (QED) is 0.814. The number of carbonyl (C=O) groups excluding carboxylic acids is 1. The van der Waals surface area contributed by atoms with Crippen LogP contribution in [0.2, 0.25) is 0 Å². The summed E-state index contributed by atoms with van der Waals surface area (Å²) in [5.41, 5.74) is 5.66. The highest BCUT2D eigenvalue weighted by Crippen LogP contribution is 2.39. The lowest BCUT2D eigenvalue weighted by atomic mass is 9.72. The smallest absolute Gasteiger partial charge is 0.222 e. The molecule has 1 aliphatic carbocycles. The molecule has 3 nitrogen and oxygen atoms in total. The average Bonchev–Trinajstić information content (AvgIpc) is 2.51. The van der Waals surface area contributed by atoms with Crippen LogP contribution in [0.1, 0.15) is 71.6 Å². The van der Waals surface area contributed by atoms with Crippen molar-refractivity contribution in [1.82, 2.24) is 4.90 Å². The average molecular weight is 294 g/mol. The number of carbonyl (C=O) groups is 1. The van der Waals surface area contributed by atoms with Crippen LogP contribution in [0.25, 0.3) is 0 Å². The van der Waals surface area contributed by atoms with E-state index in [1.54, 1.807) is 0 Å². The third-order valence-corrected chi connectivity index (χ3v) is 5.98. The molecule has 122 valence electrons. The Hall–Kier alpha value is -0.570. The van der Waals surface area contributed by atoms with Gasteiger partial charge >= 0.3 is 0 Å². The highest BCUT2D eigenvalue weighted by Gasteiger charge is 2.39. The molecule has 2 aliphatic rings. The number of nitrogens with zero attached hydrogens (tertiary/aromatic N) is 1. The molecule has 1 saturated heterocycles. The third kappa shape index (κ3) is 4.21. The number of rotatable bonds is 6. The minimum atomic E-state index is 0.411. The summed E-state index contributed by atoms with van der Waals surface area (Å²) in [6.45, 7) is 6.34. The molecule has 1 amide bonds. The summed E-state index contributed by atoms with van der Waals surface area (Å²) in [5.74, 6) is 2.61. The Morgan fingerprint density at radius 2 is 2.00 bits per heavy atom. The first-order valence-corrected chi connectivity index (χ1v) is 9.16. The molecule has 2 fully saturated rings. The van der Waals surface area contributed by atoms with Crippen LogP contribution in [0, 0.1) is 17.8 Å². The lowest BCUT2D eigenvalue weighted by Crippen LogP contribution is -2.52. The topological polar surface area (TPSA) is 46.3 Å². The van der Waals surface area contributed by atoms with E-state index in [2.05, 4.69) is 18.7 Å². The van der Waals surface area contributed by atoms with Crippen LogP contribution in [-0.4, -0.2) is 29.9 Å². The Labute approximate surface area is 130 Å². The number of amides is 1. The van der Waals surface area contributed by atoms with Gasteiger partial charge in [0.05, 0.1) is 0 Å². The lowest BCUT2D eigenvalue weighted by Gasteiger charge is -2.47. The van der Waals surface area contributed by atoms with E-state index in [9.17, 15) is 4.79 Å². The van der Waals surface area contributed by atoms with Gasteiger partial charge in [-0.15, -0.1) is 0 Å². The molecule has 3 heteroatoms. The second-order valence-corrected chi connectivity index (χ2v) is 7.26. The molecule has 0 bridgehead atoms. The maximum absolute atomic E-state index is 12.7. The molecule has 21 heavy (non-hydrogen) atoms. The minimum Gasteiger partial charge on any atom is -0.339 e. The van der Waals surface area contributed by atoms with Crippen LogP contribution in [0.3, 0.4) is 0 Å². The number of likely N-dealkylation sites (tertiary alicyclic amines) is 1. The summed E-state index contributed by atoms with van der Waals surface area (Å²) in [4.78, 5) is 14.9. The van der Waals surface area contributed by atoms with E-state index in [4.69, 9.17) is 5.73 Å². The van der Waals surface area contributed by atoms with Crippen LogP contribution in [0.5, 0.6) is 0 Å². The maximum Gasteiger partial charge on any atom is 0.222 e. The fourth-order valence-corrected chi connectivity index (χ4v) is 4.48. The van der Waals surface area contributed by atoms with Crippen LogP contribution >= 0.6 is 0 Å². The Bertz CT molecular complexity index is 331. The number of fused-ring (bicyclic) bond motifs is 1. The van der Waals surface area contributed by atoms with E-state index in [0.29, 0.717) is 17.9 Å². The van der Waals surface area contributed by atoms with Gasteiger partial charge in [-0.05, 0) is 56.4 Å². The van der Waals surface area contributed by atoms with Crippen molar-refractivity contribution in [2.75, 3.05) is 13.1 Å². The van der Waals surface area contributed by atoms with Gasteiger partial charge in [-0.2, -0.15) is 0 Å². The van der Waals surface area contributed by atoms with Crippen LogP contribution in [0.4, 0.5) is 0 Å². The van der Waals surface area contributed by atoms with E-state index in [0.717, 1.165) is 50.6 Å². The number of hydrogen-bond donors (Lipinski definition) is 1. The Morgan fingerprint density at radius 3 is 2.71 bits per heavy atom. The predicted octanol–water partition coefficient (Wildman–Crippen LogP) is 3.57. The molecule has 0 aromatic heterocycles. The Balaban J connectivity index is 1.88. The van der Waals surface area contributed by atoms with Gasteiger partial charge in [-0.25, -0.2) is 0 Å². The van der Waals surface area contributed by atoms with Crippen LogP contribution in [0.15, 0.2) is 0 Å². The summed E-state index contributed by atoms with van der Waals surface area (Å²) in [6.07, 6.45) is 10.4. The molecule has 1 aliphatic heterocycles. The maximum atomic E-state index is 12.7. The highest BCUT2D eigenvalue weighted by atomic mass is 16.2. The summed E-state index contributed by atoms with van der Waals surface area (Å²) in [6, 6.07) is 0.546. The van der Waals surface area contributed by atoms with Crippen LogP contribution < -0.4 is 5.73 Å². The monoisotopic (exact) mass is 294 g/mol. The van der Waals surface area contributed by atoms with Crippen molar-refractivity contribution in [2.45, 2.75) is 77.7 Å².